The lowest BCUT2D eigenvalue weighted by molar-refractivity contribution is -0.137. The molecule has 0 atom stereocenters. The lowest BCUT2D eigenvalue weighted by Gasteiger charge is -2.08. The van der Waals surface area contributed by atoms with Crippen molar-refractivity contribution in [2.45, 2.75) is 13.1 Å². The van der Waals surface area contributed by atoms with Gasteiger partial charge in [0.25, 0.3) is 5.91 Å². The van der Waals surface area contributed by atoms with Crippen LogP contribution in [0.1, 0.15) is 36.7 Å². The summed E-state index contributed by atoms with van der Waals surface area (Å²) >= 11 is 0.825. The van der Waals surface area contributed by atoms with Crippen molar-refractivity contribution in [1.29, 1.82) is 5.26 Å². The Morgan fingerprint density at radius 2 is 2.00 bits per heavy atom. The van der Waals surface area contributed by atoms with E-state index in [4.69, 9.17) is 0 Å². The Bertz CT molecular complexity index is 882. The fraction of sp³-hybridized carbons (Fsp3) is 0.188. The van der Waals surface area contributed by atoms with Crippen LogP contribution in [0.15, 0.2) is 24.3 Å². The first kappa shape index (κ1) is 18.5. The highest BCUT2D eigenvalue weighted by Crippen LogP contribution is 2.34. The number of esters is 1. The third-order valence-corrected chi connectivity index (χ3v) is 4.50. The van der Waals surface area contributed by atoms with Crippen molar-refractivity contribution < 1.29 is 27.5 Å². The Labute approximate surface area is 144 Å². The molecule has 5 nitrogen and oxygen atoms in total. The molecule has 0 bridgehead atoms. The van der Waals surface area contributed by atoms with E-state index >= 15 is 0 Å². The topological polar surface area (TPSA) is 79.2 Å². The number of nitrogens with one attached hydrogen (secondary N) is 1. The Hall–Kier alpha value is -2.86. The van der Waals surface area contributed by atoms with Gasteiger partial charge in [0.1, 0.15) is 15.9 Å². The van der Waals surface area contributed by atoms with Crippen LogP contribution < -0.4 is 5.32 Å². The molecule has 2 rings (SSSR count). The normalized spacial score (nSPS) is 10.9. The van der Waals surface area contributed by atoms with Crippen molar-refractivity contribution >= 4 is 28.2 Å². The van der Waals surface area contributed by atoms with E-state index in [0.717, 1.165) is 23.5 Å². The summed E-state index contributed by atoms with van der Waals surface area (Å²) in [4.78, 5) is 24.0. The molecule has 1 amide bonds. The zero-order chi connectivity index (χ0) is 18.8. The summed E-state index contributed by atoms with van der Waals surface area (Å²) in [5.41, 5.74) is -0.785. The number of halogens is 3. The van der Waals surface area contributed by atoms with Gasteiger partial charge in [0.15, 0.2) is 0 Å². The monoisotopic (exact) mass is 368 g/mol. The minimum atomic E-state index is -4.58. The number of methoxy groups -OCH3 is 1. The van der Waals surface area contributed by atoms with Crippen LogP contribution in [0.3, 0.4) is 0 Å². The molecular formula is C16H11F3N2O3S. The summed E-state index contributed by atoms with van der Waals surface area (Å²) in [6.07, 6.45) is -4.58. The van der Waals surface area contributed by atoms with Crippen molar-refractivity contribution in [3.05, 3.63) is 51.4 Å². The second kappa shape index (κ2) is 6.94. The lowest BCUT2D eigenvalue weighted by Crippen LogP contribution is -2.13. The molecule has 1 aromatic carbocycles. The van der Waals surface area contributed by atoms with E-state index in [1.54, 1.807) is 0 Å². The first-order chi connectivity index (χ1) is 11.7. The molecule has 1 aromatic heterocycles. The van der Waals surface area contributed by atoms with Crippen LogP contribution in [-0.4, -0.2) is 19.0 Å². The zero-order valence-corrected chi connectivity index (χ0v) is 13.8. The summed E-state index contributed by atoms with van der Waals surface area (Å²) in [6.45, 7) is 1.52. The second-order valence-electron chi connectivity index (χ2n) is 4.90. The third-order valence-electron chi connectivity index (χ3n) is 3.31. The SMILES string of the molecule is COC(=O)c1sc(NC(=O)c2cccc(C(F)(F)F)c2)c(C#N)c1C. The summed E-state index contributed by atoms with van der Waals surface area (Å²) in [5.74, 6) is -1.49. The second-order valence-corrected chi connectivity index (χ2v) is 5.92. The van der Waals surface area contributed by atoms with E-state index in [0.29, 0.717) is 11.6 Å². The molecule has 1 N–H and O–H groups in total. The molecule has 0 saturated carbocycles. The fourth-order valence-electron chi connectivity index (χ4n) is 2.04. The molecule has 2 aromatic rings. The number of hydrogen-bond acceptors (Lipinski definition) is 5. The third kappa shape index (κ3) is 3.80. The van der Waals surface area contributed by atoms with Crippen LogP contribution in [0.25, 0.3) is 0 Å². The van der Waals surface area contributed by atoms with Gasteiger partial charge in [0.05, 0.1) is 18.2 Å². The average molecular weight is 368 g/mol. The Balaban J connectivity index is 2.36. The molecular weight excluding hydrogens is 357 g/mol. The average Bonchev–Trinajstić information content (AvgIpc) is 2.88. The number of anilines is 1. The first-order valence-corrected chi connectivity index (χ1v) is 7.61. The number of nitriles is 1. The van der Waals surface area contributed by atoms with E-state index in [1.165, 1.54) is 20.1 Å². The molecule has 0 spiro atoms. The van der Waals surface area contributed by atoms with Gasteiger partial charge in [0.2, 0.25) is 0 Å². The maximum Gasteiger partial charge on any atom is 0.416 e. The molecule has 0 aliphatic rings. The van der Waals surface area contributed by atoms with Gasteiger partial charge in [-0.1, -0.05) is 6.07 Å². The quantitative estimate of drug-likeness (QED) is 0.831. The van der Waals surface area contributed by atoms with E-state index in [1.807, 2.05) is 6.07 Å². The molecule has 0 aliphatic carbocycles. The number of alkyl halides is 3. The van der Waals surface area contributed by atoms with E-state index in [2.05, 4.69) is 10.1 Å². The van der Waals surface area contributed by atoms with Crippen molar-refractivity contribution in [3.63, 3.8) is 0 Å². The molecule has 0 saturated heterocycles. The number of rotatable bonds is 3. The van der Waals surface area contributed by atoms with Gasteiger partial charge in [-0.2, -0.15) is 18.4 Å². The Morgan fingerprint density at radius 1 is 1.32 bits per heavy atom. The van der Waals surface area contributed by atoms with Crippen LogP contribution in [0.5, 0.6) is 0 Å². The highest BCUT2D eigenvalue weighted by atomic mass is 32.1. The molecule has 9 heteroatoms. The van der Waals surface area contributed by atoms with Gasteiger partial charge in [-0.3, -0.25) is 4.79 Å². The molecule has 0 fully saturated rings. The maximum absolute atomic E-state index is 12.7. The number of benzene rings is 1. The molecule has 1 heterocycles. The molecule has 0 aliphatic heterocycles. The maximum atomic E-state index is 12.7. The van der Waals surface area contributed by atoms with E-state index in [9.17, 15) is 28.0 Å². The fourth-order valence-corrected chi connectivity index (χ4v) is 3.11. The summed E-state index contributed by atoms with van der Waals surface area (Å²) in [6, 6.07) is 5.76. The predicted molar refractivity (Wildman–Crippen MR) is 84.5 cm³/mol. The minimum Gasteiger partial charge on any atom is -0.465 e. The Morgan fingerprint density at radius 3 is 2.56 bits per heavy atom. The Kier molecular flexibility index (Phi) is 5.13. The molecule has 0 unspecified atom stereocenters. The number of ether oxygens (including phenoxy) is 1. The summed E-state index contributed by atoms with van der Waals surface area (Å²) in [5, 5.41) is 11.7. The molecule has 25 heavy (non-hydrogen) atoms. The predicted octanol–water partition coefficient (Wildman–Crippen LogP) is 3.99. The first-order valence-electron chi connectivity index (χ1n) is 6.79. The van der Waals surface area contributed by atoms with Crippen LogP contribution >= 0.6 is 11.3 Å². The number of nitrogens with zero attached hydrogens (tertiary/aromatic N) is 1. The van der Waals surface area contributed by atoms with Gasteiger partial charge < -0.3 is 10.1 Å². The van der Waals surface area contributed by atoms with Crippen molar-refractivity contribution in [1.82, 2.24) is 0 Å². The van der Waals surface area contributed by atoms with Crippen LogP contribution in [0.2, 0.25) is 0 Å². The largest absolute Gasteiger partial charge is 0.465 e. The number of amides is 1. The highest BCUT2D eigenvalue weighted by molar-refractivity contribution is 7.18. The van der Waals surface area contributed by atoms with E-state index in [-0.39, 0.29) is 21.0 Å². The van der Waals surface area contributed by atoms with Gasteiger partial charge >= 0.3 is 12.1 Å². The van der Waals surface area contributed by atoms with Crippen LogP contribution in [-0.2, 0) is 10.9 Å². The van der Waals surface area contributed by atoms with Gasteiger partial charge in [-0.25, -0.2) is 4.79 Å². The molecule has 0 radical (unpaired) electrons. The summed E-state index contributed by atoms with van der Waals surface area (Å²) < 4.78 is 42.8. The number of thiophene rings is 1. The highest BCUT2D eigenvalue weighted by Gasteiger charge is 2.31. The summed E-state index contributed by atoms with van der Waals surface area (Å²) in [7, 11) is 1.18. The zero-order valence-electron chi connectivity index (χ0n) is 13.0. The number of carbonyl (C=O) groups is 2. The van der Waals surface area contributed by atoms with Crippen molar-refractivity contribution in [3.8, 4) is 6.07 Å². The van der Waals surface area contributed by atoms with Crippen molar-refractivity contribution in [2.75, 3.05) is 12.4 Å². The number of carbonyl (C=O) groups excluding carboxylic acids is 2. The minimum absolute atomic E-state index is 0.0609. The van der Waals surface area contributed by atoms with Crippen molar-refractivity contribution in [2.24, 2.45) is 0 Å². The van der Waals surface area contributed by atoms with Gasteiger partial charge in [-0.15, -0.1) is 11.3 Å². The van der Waals surface area contributed by atoms with Gasteiger partial charge in [-0.05, 0) is 30.7 Å². The van der Waals surface area contributed by atoms with E-state index < -0.39 is 23.6 Å². The van der Waals surface area contributed by atoms with Crippen LogP contribution in [0.4, 0.5) is 18.2 Å². The number of hydrogen-bond donors (Lipinski definition) is 1. The standard InChI is InChI=1S/C16H11F3N2O3S/c1-8-11(7-20)14(25-12(8)15(23)24-2)21-13(22)9-4-3-5-10(6-9)16(17,18)19/h3-6H,1-2H3,(H,21,22). The lowest BCUT2D eigenvalue weighted by atomic mass is 10.1. The molecule has 130 valence electrons. The smallest absolute Gasteiger partial charge is 0.416 e. The van der Waals surface area contributed by atoms with Gasteiger partial charge in [0, 0.05) is 5.56 Å². The van der Waals surface area contributed by atoms with Crippen LogP contribution in [0, 0.1) is 18.3 Å².